The number of carbonyl (C=O) groups excluding carboxylic acids is 3. The van der Waals surface area contributed by atoms with Crippen molar-refractivity contribution >= 4 is 17.7 Å². The summed E-state index contributed by atoms with van der Waals surface area (Å²) < 4.78 is 90.0. The first-order valence-electron chi connectivity index (χ1n) is 17.2. The smallest absolute Gasteiger partial charge is 0.376 e. The molecule has 1 atom stereocenters. The summed E-state index contributed by atoms with van der Waals surface area (Å²) in [5, 5.41) is 4.27. The molecule has 3 heterocycles. The van der Waals surface area contributed by atoms with Gasteiger partial charge in [0, 0.05) is 62.1 Å². The summed E-state index contributed by atoms with van der Waals surface area (Å²) in [6.07, 6.45) is -1.94. The Morgan fingerprint density at radius 3 is 2.27 bits per heavy atom. The molecule has 3 amide bonds. The molecule has 9 nitrogen and oxygen atoms in total. The minimum Gasteiger partial charge on any atom is -0.376 e. The van der Waals surface area contributed by atoms with E-state index in [1.807, 2.05) is 0 Å². The molecule has 52 heavy (non-hydrogen) atoms. The monoisotopic (exact) mass is 733 g/mol. The normalized spacial score (nSPS) is 20.3. The number of nitrogens with two attached hydrogens (primary N) is 1. The summed E-state index contributed by atoms with van der Waals surface area (Å²) in [6.45, 7) is 2.30. The van der Waals surface area contributed by atoms with Gasteiger partial charge < -0.3 is 20.3 Å². The van der Waals surface area contributed by atoms with E-state index in [0.29, 0.717) is 17.7 Å². The minimum absolute atomic E-state index is 0.0126. The number of alkyl halides is 5. The first-order valence-corrected chi connectivity index (χ1v) is 17.2. The lowest BCUT2D eigenvalue weighted by atomic mass is 9.70. The van der Waals surface area contributed by atoms with Gasteiger partial charge in [-0.15, -0.1) is 0 Å². The highest BCUT2D eigenvalue weighted by molar-refractivity contribution is 5.96. The van der Waals surface area contributed by atoms with Gasteiger partial charge in [0.2, 0.25) is 17.7 Å². The molecule has 1 saturated carbocycles. The molecule has 3 aromatic rings. The standard InChI is InChI=1S/C37H41F6N5O4/c1-34(2,37(41,42)43)33(51)47-21-35(22-47)20-46(32(50)26-14-45-48(16-26)15-23-6-8-28(38)9-7-23)17-27(35)19-52-18-25-4-3-5-29(30(25)31(44)49)24-10-12-36(39,40)13-11-24/h3-9,14,16,24,27H,10-13,15,17-22H2,1-2H3,(H2,44,49)/t27-/m0/s1. The topological polar surface area (TPSA) is 111 Å². The van der Waals surface area contributed by atoms with E-state index in [-0.39, 0.29) is 99.8 Å². The second-order valence-corrected chi connectivity index (χ2v) is 15.0. The molecular formula is C37H41F6N5O4. The van der Waals surface area contributed by atoms with Gasteiger partial charge in [-0.3, -0.25) is 19.1 Å². The Bertz CT molecular complexity index is 1810. The first-order chi connectivity index (χ1) is 24.4. The number of nitrogens with zero attached hydrogens (tertiary/aromatic N) is 4. The third-order valence-electron chi connectivity index (χ3n) is 10.9. The van der Waals surface area contributed by atoms with Gasteiger partial charge >= 0.3 is 6.18 Å². The van der Waals surface area contributed by atoms with Gasteiger partial charge in [-0.1, -0.05) is 30.3 Å². The zero-order chi connectivity index (χ0) is 37.6. The van der Waals surface area contributed by atoms with E-state index in [4.69, 9.17) is 10.5 Å². The zero-order valence-electron chi connectivity index (χ0n) is 28.9. The molecule has 0 unspecified atom stereocenters. The molecule has 2 N–H and O–H groups in total. The SMILES string of the molecule is CC(C)(C(=O)N1CC2(CN(C(=O)c3cnn(Cc4ccc(F)cc4)c3)C[C@H]2COCc2cccc(C3CCC(F)(F)CC3)c2C(N)=O)C1)C(F)(F)F. The molecule has 1 aliphatic carbocycles. The number of benzene rings is 2. The largest absolute Gasteiger partial charge is 0.402 e. The van der Waals surface area contributed by atoms with Crippen LogP contribution in [0.3, 0.4) is 0 Å². The van der Waals surface area contributed by atoms with Gasteiger partial charge in [0.15, 0.2) is 0 Å². The van der Waals surface area contributed by atoms with Gasteiger partial charge in [-0.2, -0.15) is 18.3 Å². The maximum absolute atomic E-state index is 13.9. The predicted octanol–water partition coefficient (Wildman–Crippen LogP) is 6.17. The van der Waals surface area contributed by atoms with Crippen LogP contribution >= 0.6 is 0 Å². The molecular weight excluding hydrogens is 692 g/mol. The van der Waals surface area contributed by atoms with Crippen molar-refractivity contribution in [1.82, 2.24) is 19.6 Å². The molecule has 6 rings (SSSR count). The van der Waals surface area contributed by atoms with Gasteiger partial charge in [0.1, 0.15) is 11.2 Å². The molecule has 2 aliphatic heterocycles. The number of rotatable bonds is 10. The summed E-state index contributed by atoms with van der Waals surface area (Å²) in [4.78, 5) is 42.2. The van der Waals surface area contributed by atoms with E-state index in [1.165, 1.54) is 18.3 Å². The molecule has 2 aromatic carbocycles. The van der Waals surface area contributed by atoms with Crippen molar-refractivity contribution in [2.75, 3.05) is 32.8 Å². The van der Waals surface area contributed by atoms with Crippen molar-refractivity contribution in [1.29, 1.82) is 0 Å². The molecule has 0 radical (unpaired) electrons. The summed E-state index contributed by atoms with van der Waals surface area (Å²) in [5.41, 5.74) is 4.79. The van der Waals surface area contributed by atoms with Crippen molar-refractivity contribution in [3.63, 3.8) is 0 Å². The van der Waals surface area contributed by atoms with Crippen LogP contribution in [-0.4, -0.2) is 82.2 Å². The minimum atomic E-state index is -4.76. The zero-order valence-corrected chi connectivity index (χ0v) is 28.9. The average molecular weight is 734 g/mol. The predicted molar refractivity (Wildman–Crippen MR) is 177 cm³/mol. The molecule has 1 aromatic heterocycles. The number of aromatic nitrogens is 2. The second kappa shape index (κ2) is 13.9. The van der Waals surface area contributed by atoms with Crippen LogP contribution in [0.15, 0.2) is 54.9 Å². The fourth-order valence-corrected chi connectivity index (χ4v) is 7.71. The van der Waals surface area contributed by atoms with Crippen LogP contribution in [0.25, 0.3) is 0 Å². The number of halogens is 6. The molecule has 15 heteroatoms. The van der Waals surface area contributed by atoms with Crippen molar-refractivity contribution in [2.45, 2.75) is 70.7 Å². The van der Waals surface area contributed by atoms with Crippen LogP contribution in [0.4, 0.5) is 26.3 Å². The number of amides is 3. The third kappa shape index (κ3) is 7.42. The average Bonchev–Trinajstić information content (AvgIpc) is 3.69. The number of hydrogen-bond acceptors (Lipinski definition) is 5. The van der Waals surface area contributed by atoms with Gasteiger partial charge in [-0.05, 0) is 61.4 Å². The fourth-order valence-electron chi connectivity index (χ4n) is 7.71. The molecule has 1 spiro atoms. The lowest BCUT2D eigenvalue weighted by Gasteiger charge is -2.52. The van der Waals surface area contributed by atoms with Crippen LogP contribution in [0.5, 0.6) is 0 Å². The van der Waals surface area contributed by atoms with Crippen LogP contribution < -0.4 is 5.73 Å². The third-order valence-corrected chi connectivity index (χ3v) is 10.9. The first kappa shape index (κ1) is 37.4. The second-order valence-electron chi connectivity index (χ2n) is 15.0. The van der Waals surface area contributed by atoms with Crippen molar-refractivity contribution in [2.24, 2.45) is 22.5 Å². The molecule has 3 aliphatic rings. The van der Waals surface area contributed by atoms with Crippen molar-refractivity contribution < 1.29 is 45.5 Å². The van der Waals surface area contributed by atoms with Crippen LogP contribution in [0, 0.1) is 22.6 Å². The summed E-state index contributed by atoms with van der Waals surface area (Å²) in [5.74, 6) is -5.89. The van der Waals surface area contributed by atoms with E-state index < -0.39 is 34.7 Å². The Kier molecular flexibility index (Phi) is 9.96. The maximum Gasteiger partial charge on any atom is 0.402 e. The van der Waals surface area contributed by atoms with E-state index >= 15 is 0 Å². The van der Waals surface area contributed by atoms with Gasteiger partial charge in [-0.25, -0.2) is 13.2 Å². The van der Waals surface area contributed by atoms with Gasteiger partial charge in [0.05, 0.1) is 31.5 Å². The summed E-state index contributed by atoms with van der Waals surface area (Å²) in [6, 6.07) is 11.0. The van der Waals surface area contributed by atoms with E-state index in [1.54, 1.807) is 46.1 Å². The van der Waals surface area contributed by atoms with Crippen LogP contribution in [-0.2, 0) is 22.7 Å². The molecule has 280 valence electrons. The maximum atomic E-state index is 13.9. The van der Waals surface area contributed by atoms with E-state index in [2.05, 4.69) is 5.10 Å². The molecule has 0 bridgehead atoms. The number of carbonyl (C=O) groups is 3. The highest BCUT2D eigenvalue weighted by Gasteiger charge is 2.61. The van der Waals surface area contributed by atoms with E-state index in [9.17, 15) is 40.7 Å². The van der Waals surface area contributed by atoms with Crippen molar-refractivity contribution in [3.05, 3.63) is 88.5 Å². The quantitative estimate of drug-likeness (QED) is 0.251. The highest BCUT2D eigenvalue weighted by atomic mass is 19.4. The summed E-state index contributed by atoms with van der Waals surface area (Å²) >= 11 is 0. The number of hydrogen-bond donors (Lipinski definition) is 1. The number of ether oxygens (including phenoxy) is 1. The highest BCUT2D eigenvalue weighted by Crippen LogP contribution is 2.48. The number of primary amides is 1. The summed E-state index contributed by atoms with van der Waals surface area (Å²) in [7, 11) is 0. The van der Waals surface area contributed by atoms with Crippen LogP contribution in [0.1, 0.15) is 82.9 Å². The Hall–Kier alpha value is -4.40. The number of likely N-dealkylation sites (tertiary alicyclic amines) is 2. The van der Waals surface area contributed by atoms with Crippen molar-refractivity contribution in [3.8, 4) is 0 Å². The van der Waals surface area contributed by atoms with Crippen LogP contribution in [0.2, 0.25) is 0 Å². The van der Waals surface area contributed by atoms with E-state index in [0.717, 1.165) is 24.3 Å². The molecule has 2 saturated heterocycles. The lowest BCUT2D eigenvalue weighted by Crippen LogP contribution is -2.66. The fraction of sp³-hybridized carbons (Fsp3) is 0.514. The lowest BCUT2D eigenvalue weighted by molar-refractivity contribution is -0.223. The van der Waals surface area contributed by atoms with Gasteiger partial charge in [0.25, 0.3) is 5.91 Å². The Morgan fingerprint density at radius 2 is 1.63 bits per heavy atom. The molecule has 3 fully saturated rings. The Labute approximate surface area is 297 Å². The Balaban J connectivity index is 1.18. The Morgan fingerprint density at radius 1 is 0.981 bits per heavy atom.